The highest BCUT2D eigenvalue weighted by Gasteiger charge is 2.20. The van der Waals surface area contributed by atoms with E-state index in [1.165, 1.54) is 0 Å². The fourth-order valence-corrected chi connectivity index (χ4v) is 4.04. The van der Waals surface area contributed by atoms with E-state index in [4.69, 9.17) is 14.2 Å². The van der Waals surface area contributed by atoms with Gasteiger partial charge in [-0.3, -0.25) is 4.79 Å². The van der Waals surface area contributed by atoms with Crippen molar-refractivity contribution in [2.24, 2.45) is 0 Å². The Morgan fingerprint density at radius 2 is 1.84 bits per heavy atom. The lowest BCUT2D eigenvalue weighted by Gasteiger charge is -2.18. The normalized spacial score (nSPS) is 13.7. The van der Waals surface area contributed by atoms with Gasteiger partial charge in [0, 0.05) is 11.3 Å². The number of amides is 1. The number of hydrogen-bond donors (Lipinski definition) is 1. The van der Waals surface area contributed by atoms with E-state index in [0.29, 0.717) is 30.3 Å². The van der Waals surface area contributed by atoms with Gasteiger partial charge in [0.25, 0.3) is 5.91 Å². The third-order valence-electron chi connectivity index (χ3n) is 4.86. The Morgan fingerprint density at radius 1 is 1.06 bits per heavy atom. The van der Waals surface area contributed by atoms with E-state index >= 15 is 0 Å². The van der Waals surface area contributed by atoms with E-state index in [9.17, 15) is 9.59 Å². The molecule has 31 heavy (non-hydrogen) atoms. The molecule has 4 rings (SSSR count). The largest absolute Gasteiger partial charge is 0.490 e. The smallest absolute Gasteiger partial charge is 0.338 e. The molecule has 7 heteroatoms. The zero-order chi connectivity index (χ0) is 21.6. The van der Waals surface area contributed by atoms with Crippen LogP contribution in [-0.2, 0) is 9.53 Å². The molecule has 0 aliphatic carbocycles. The fraction of sp³-hybridized carbons (Fsp3) is 0.250. The number of fused-ring (bicyclic) bond motifs is 1. The molecule has 2 aromatic carbocycles. The van der Waals surface area contributed by atoms with Gasteiger partial charge in [-0.1, -0.05) is 35.9 Å². The summed E-state index contributed by atoms with van der Waals surface area (Å²) < 4.78 is 16.4. The molecule has 1 aromatic heterocycles. The van der Waals surface area contributed by atoms with Crippen LogP contribution >= 0.6 is 11.3 Å². The summed E-state index contributed by atoms with van der Waals surface area (Å²) in [5, 5.41) is 4.93. The number of carbonyl (C=O) groups is 2. The van der Waals surface area contributed by atoms with E-state index in [0.717, 1.165) is 22.4 Å². The molecule has 2 heterocycles. The Morgan fingerprint density at radius 3 is 2.58 bits per heavy atom. The second kappa shape index (κ2) is 9.66. The van der Waals surface area contributed by atoms with Crippen LogP contribution in [0.5, 0.6) is 11.5 Å². The van der Waals surface area contributed by atoms with Crippen LogP contribution < -0.4 is 14.8 Å². The molecule has 1 N–H and O–H groups in total. The molecule has 3 aromatic rings. The number of hydrogen-bond acceptors (Lipinski definition) is 6. The molecule has 1 unspecified atom stereocenters. The second-order valence-electron chi connectivity index (χ2n) is 7.21. The first-order chi connectivity index (χ1) is 15.1. The van der Waals surface area contributed by atoms with E-state index in [2.05, 4.69) is 5.32 Å². The molecule has 0 spiro atoms. The Bertz CT molecular complexity index is 1050. The molecular formula is C24H23NO5S. The average molecular weight is 438 g/mol. The van der Waals surface area contributed by atoms with Crippen LogP contribution in [0.3, 0.4) is 0 Å². The number of ether oxygens (including phenoxy) is 3. The minimum absolute atomic E-state index is 0.301. The van der Waals surface area contributed by atoms with Crippen molar-refractivity contribution in [1.82, 2.24) is 5.32 Å². The average Bonchev–Trinajstić information content (AvgIpc) is 3.21. The number of nitrogens with one attached hydrogen (secondary N) is 1. The molecule has 1 aliphatic rings. The summed E-state index contributed by atoms with van der Waals surface area (Å²) in [6.07, 6.45) is 0.779. The number of benzene rings is 2. The zero-order valence-corrected chi connectivity index (χ0v) is 17.9. The first kappa shape index (κ1) is 20.9. The minimum atomic E-state index is -0.589. The van der Waals surface area contributed by atoms with Crippen molar-refractivity contribution in [2.75, 3.05) is 19.8 Å². The molecular weight excluding hydrogens is 414 g/mol. The second-order valence-corrected chi connectivity index (χ2v) is 8.19. The van der Waals surface area contributed by atoms with Gasteiger partial charge >= 0.3 is 5.97 Å². The highest BCUT2D eigenvalue weighted by Crippen LogP contribution is 2.30. The number of carbonyl (C=O) groups excluding carboxylic acids is 2. The third-order valence-corrected chi connectivity index (χ3v) is 5.80. The maximum atomic E-state index is 12.6. The first-order valence-corrected chi connectivity index (χ1v) is 10.9. The fourth-order valence-electron chi connectivity index (χ4n) is 3.24. The number of thiophene rings is 1. The molecule has 6 nitrogen and oxygen atoms in total. The predicted octanol–water partition coefficient (Wildman–Crippen LogP) is 4.28. The minimum Gasteiger partial charge on any atom is -0.490 e. The summed E-state index contributed by atoms with van der Waals surface area (Å²) in [6.45, 7) is 2.74. The molecule has 0 saturated heterocycles. The van der Waals surface area contributed by atoms with Crippen LogP contribution in [-0.4, -0.2) is 31.7 Å². The monoisotopic (exact) mass is 437 g/mol. The summed E-state index contributed by atoms with van der Waals surface area (Å²) in [5.74, 6) is 0.146. The molecule has 0 saturated carbocycles. The van der Waals surface area contributed by atoms with Gasteiger partial charge in [-0.05, 0) is 42.1 Å². The van der Waals surface area contributed by atoms with Gasteiger partial charge in [0.05, 0.1) is 24.8 Å². The Hall–Kier alpha value is -3.32. The van der Waals surface area contributed by atoms with Gasteiger partial charge < -0.3 is 19.5 Å². The van der Waals surface area contributed by atoms with Gasteiger partial charge in [-0.15, -0.1) is 11.3 Å². The predicted molar refractivity (Wildman–Crippen MR) is 118 cm³/mol. The zero-order valence-electron chi connectivity index (χ0n) is 17.1. The molecule has 0 radical (unpaired) electrons. The Balaban J connectivity index is 1.40. The lowest BCUT2D eigenvalue weighted by Crippen LogP contribution is -2.32. The molecule has 1 aliphatic heterocycles. The van der Waals surface area contributed by atoms with E-state index < -0.39 is 5.97 Å². The van der Waals surface area contributed by atoms with E-state index in [1.807, 2.05) is 48.7 Å². The topological polar surface area (TPSA) is 73.9 Å². The van der Waals surface area contributed by atoms with Crippen molar-refractivity contribution in [2.45, 2.75) is 19.4 Å². The maximum absolute atomic E-state index is 12.6. The van der Waals surface area contributed by atoms with Crippen molar-refractivity contribution >= 4 is 23.2 Å². The summed E-state index contributed by atoms with van der Waals surface area (Å²) in [6, 6.07) is 16.5. The van der Waals surface area contributed by atoms with Gasteiger partial charge in [0.1, 0.15) is 0 Å². The van der Waals surface area contributed by atoms with Crippen LogP contribution in [0.1, 0.15) is 38.8 Å². The van der Waals surface area contributed by atoms with Crippen molar-refractivity contribution in [3.8, 4) is 11.5 Å². The highest BCUT2D eigenvalue weighted by molar-refractivity contribution is 7.10. The maximum Gasteiger partial charge on any atom is 0.338 e. The first-order valence-electron chi connectivity index (χ1n) is 10.1. The summed E-state index contributed by atoms with van der Waals surface area (Å²) in [5.41, 5.74) is 2.42. The molecule has 0 bridgehead atoms. The highest BCUT2D eigenvalue weighted by atomic mass is 32.1. The van der Waals surface area contributed by atoms with Gasteiger partial charge in [-0.25, -0.2) is 4.79 Å². The Labute approximate surface area is 184 Å². The van der Waals surface area contributed by atoms with Gasteiger partial charge in [0.15, 0.2) is 18.1 Å². The van der Waals surface area contributed by atoms with E-state index in [1.54, 1.807) is 29.5 Å². The Kier molecular flexibility index (Phi) is 6.52. The number of rotatable bonds is 6. The molecule has 160 valence electrons. The van der Waals surface area contributed by atoms with Gasteiger partial charge in [0.2, 0.25) is 0 Å². The van der Waals surface area contributed by atoms with Crippen molar-refractivity contribution in [1.29, 1.82) is 0 Å². The third kappa shape index (κ3) is 5.24. The van der Waals surface area contributed by atoms with Crippen LogP contribution in [0.4, 0.5) is 0 Å². The van der Waals surface area contributed by atoms with Crippen LogP contribution in [0.15, 0.2) is 60.0 Å². The summed E-state index contributed by atoms with van der Waals surface area (Å²) in [4.78, 5) is 26.0. The number of esters is 1. The lowest BCUT2D eigenvalue weighted by atomic mass is 10.0. The molecule has 1 amide bonds. The van der Waals surface area contributed by atoms with Crippen LogP contribution in [0.25, 0.3) is 0 Å². The SMILES string of the molecule is Cc1ccc(C(NC(=O)COC(=O)c2ccc3c(c2)OCCCO3)c2cccs2)cc1. The van der Waals surface area contributed by atoms with Crippen LogP contribution in [0.2, 0.25) is 0 Å². The standard InChI is InChI=1S/C24H23NO5S/c1-16-5-7-17(8-6-16)23(21-4-2-13-31-21)25-22(26)15-30-24(27)18-9-10-19-20(14-18)29-12-3-11-28-19/h2,4-10,13-14,23H,3,11-12,15H2,1H3,(H,25,26). The number of aryl methyl sites for hydroxylation is 1. The van der Waals surface area contributed by atoms with E-state index in [-0.39, 0.29) is 18.6 Å². The van der Waals surface area contributed by atoms with Gasteiger partial charge in [-0.2, -0.15) is 0 Å². The van der Waals surface area contributed by atoms with Crippen molar-refractivity contribution in [3.63, 3.8) is 0 Å². The molecule has 1 atom stereocenters. The summed E-state index contributed by atoms with van der Waals surface area (Å²) >= 11 is 1.56. The van der Waals surface area contributed by atoms with Crippen molar-refractivity contribution < 1.29 is 23.8 Å². The summed E-state index contributed by atoms with van der Waals surface area (Å²) in [7, 11) is 0. The van der Waals surface area contributed by atoms with Crippen LogP contribution in [0, 0.1) is 6.92 Å². The molecule has 0 fully saturated rings. The van der Waals surface area contributed by atoms with Crippen molar-refractivity contribution in [3.05, 3.63) is 81.5 Å². The lowest BCUT2D eigenvalue weighted by molar-refractivity contribution is -0.124. The quantitative estimate of drug-likeness (QED) is 0.583.